The first-order valence-corrected chi connectivity index (χ1v) is 8.15. The van der Waals surface area contributed by atoms with E-state index in [0.717, 1.165) is 17.0 Å². The number of aromatic nitrogens is 4. The Balaban J connectivity index is 1.64. The Morgan fingerprint density at radius 3 is 2.96 bits per heavy atom. The van der Waals surface area contributed by atoms with E-state index >= 15 is 0 Å². The number of hydrogen-bond acceptors (Lipinski definition) is 4. The average molecular weight is 347 g/mol. The van der Waals surface area contributed by atoms with Crippen LogP contribution in [0.1, 0.15) is 18.9 Å². The summed E-state index contributed by atoms with van der Waals surface area (Å²) >= 11 is 6.04. The molecule has 1 aromatic heterocycles. The van der Waals surface area contributed by atoms with Crippen molar-refractivity contribution in [3.05, 3.63) is 40.4 Å². The molecule has 1 unspecified atom stereocenters. The van der Waals surface area contributed by atoms with Gasteiger partial charge in [0.25, 0.3) is 5.95 Å². The standard InChI is InChI=1S/C16H19ClN6O/c1-11-10-23(16(24)18-15-19-20-21-22(15)2)7-6-13(11)8-12-4-3-5-14(17)9-12/h3-5,8-9,11H,6-7,10H2,1-2H3,(H,18,19,21,24). The van der Waals surface area contributed by atoms with Gasteiger partial charge in [-0.1, -0.05) is 47.4 Å². The fraction of sp³-hybridized carbons (Fsp3) is 0.375. The number of aryl methyl sites for hydroxylation is 1. The molecule has 1 fully saturated rings. The van der Waals surface area contributed by atoms with E-state index in [9.17, 15) is 4.79 Å². The fourth-order valence-corrected chi connectivity index (χ4v) is 2.97. The maximum atomic E-state index is 12.3. The summed E-state index contributed by atoms with van der Waals surface area (Å²) in [5.74, 6) is 0.619. The van der Waals surface area contributed by atoms with Gasteiger partial charge in [0.15, 0.2) is 0 Å². The Kier molecular flexibility index (Phi) is 4.80. The largest absolute Gasteiger partial charge is 0.324 e. The molecule has 1 saturated heterocycles. The van der Waals surface area contributed by atoms with Gasteiger partial charge in [-0.2, -0.15) is 0 Å². The second-order valence-electron chi connectivity index (χ2n) is 5.93. The zero-order valence-corrected chi connectivity index (χ0v) is 14.4. The number of benzene rings is 1. The summed E-state index contributed by atoms with van der Waals surface area (Å²) in [6.07, 6.45) is 3.00. The molecule has 1 N–H and O–H groups in total. The van der Waals surface area contributed by atoms with E-state index in [1.54, 1.807) is 11.9 Å². The lowest BCUT2D eigenvalue weighted by Gasteiger charge is -2.33. The summed E-state index contributed by atoms with van der Waals surface area (Å²) in [4.78, 5) is 14.1. The zero-order chi connectivity index (χ0) is 17.1. The molecule has 2 aromatic rings. The Hall–Kier alpha value is -2.41. The Bertz CT molecular complexity index is 771. The van der Waals surface area contributed by atoms with E-state index in [1.165, 1.54) is 10.3 Å². The van der Waals surface area contributed by atoms with E-state index < -0.39 is 0 Å². The maximum Gasteiger partial charge on any atom is 0.324 e. The van der Waals surface area contributed by atoms with Gasteiger partial charge in [0, 0.05) is 25.2 Å². The Labute approximate surface area is 145 Å². The molecule has 0 aliphatic carbocycles. The lowest BCUT2D eigenvalue weighted by atomic mass is 9.91. The van der Waals surface area contributed by atoms with Crippen LogP contribution in [0.3, 0.4) is 0 Å². The summed E-state index contributed by atoms with van der Waals surface area (Å²) < 4.78 is 1.43. The summed E-state index contributed by atoms with van der Waals surface area (Å²) in [6, 6.07) is 7.60. The number of piperidine rings is 1. The average Bonchev–Trinajstić information content (AvgIpc) is 2.94. The third-order valence-corrected chi connectivity index (χ3v) is 4.36. The first-order chi connectivity index (χ1) is 11.5. The third-order valence-electron chi connectivity index (χ3n) is 4.12. The quantitative estimate of drug-likeness (QED) is 0.907. The molecule has 1 aliphatic rings. The second-order valence-corrected chi connectivity index (χ2v) is 6.36. The predicted molar refractivity (Wildman–Crippen MR) is 92.6 cm³/mol. The molecule has 1 atom stereocenters. The van der Waals surface area contributed by atoms with Gasteiger partial charge in [0.1, 0.15) is 0 Å². The molecule has 24 heavy (non-hydrogen) atoms. The smallest absolute Gasteiger partial charge is 0.324 e. The van der Waals surface area contributed by atoms with Crippen molar-refractivity contribution in [1.82, 2.24) is 25.1 Å². The van der Waals surface area contributed by atoms with Crippen LogP contribution in [0.4, 0.5) is 10.7 Å². The van der Waals surface area contributed by atoms with Crippen molar-refractivity contribution in [1.29, 1.82) is 0 Å². The monoisotopic (exact) mass is 346 g/mol. The fourth-order valence-electron chi connectivity index (χ4n) is 2.77. The lowest BCUT2D eigenvalue weighted by molar-refractivity contribution is 0.197. The molecule has 1 aromatic carbocycles. The second kappa shape index (κ2) is 7.00. The number of halogens is 1. The number of nitrogens with one attached hydrogen (secondary N) is 1. The maximum absolute atomic E-state index is 12.3. The Morgan fingerprint density at radius 1 is 1.46 bits per heavy atom. The van der Waals surface area contributed by atoms with Crippen LogP contribution in [-0.4, -0.2) is 44.2 Å². The summed E-state index contributed by atoms with van der Waals surface area (Å²) in [5, 5.41) is 14.4. The van der Waals surface area contributed by atoms with E-state index in [0.29, 0.717) is 19.0 Å². The van der Waals surface area contributed by atoms with Gasteiger partial charge in [-0.25, -0.2) is 9.48 Å². The number of anilines is 1. The number of likely N-dealkylation sites (tertiary alicyclic amines) is 1. The molecule has 1 aliphatic heterocycles. The number of nitrogens with zero attached hydrogens (tertiary/aromatic N) is 5. The minimum absolute atomic E-state index is 0.179. The molecular weight excluding hydrogens is 328 g/mol. The van der Waals surface area contributed by atoms with Crippen molar-refractivity contribution in [3.8, 4) is 0 Å². The van der Waals surface area contributed by atoms with E-state index in [1.807, 2.05) is 24.3 Å². The highest BCUT2D eigenvalue weighted by molar-refractivity contribution is 6.30. The Morgan fingerprint density at radius 2 is 2.29 bits per heavy atom. The first-order valence-electron chi connectivity index (χ1n) is 7.77. The molecule has 3 rings (SSSR count). The van der Waals surface area contributed by atoms with Crippen molar-refractivity contribution >= 4 is 29.7 Å². The highest BCUT2D eigenvalue weighted by atomic mass is 35.5. The number of carbonyl (C=O) groups is 1. The number of amides is 2. The summed E-state index contributed by atoms with van der Waals surface area (Å²) in [7, 11) is 1.68. The number of tetrazole rings is 1. The highest BCUT2D eigenvalue weighted by Gasteiger charge is 2.25. The van der Waals surface area contributed by atoms with Crippen LogP contribution >= 0.6 is 11.6 Å². The van der Waals surface area contributed by atoms with Crippen molar-refractivity contribution in [2.75, 3.05) is 18.4 Å². The number of rotatable bonds is 2. The van der Waals surface area contributed by atoms with Crippen LogP contribution in [0, 0.1) is 5.92 Å². The van der Waals surface area contributed by atoms with Gasteiger partial charge in [0.05, 0.1) is 0 Å². The molecule has 2 heterocycles. The first kappa shape index (κ1) is 16.4. The molecular formula is C16H19ClN6O. The van der Waals surface area contributed by atoms with Gasteiger partial charge in [0.2, 0.25) is 0 Å². The third kappa shape index (κ3) is 3.73. The zero-order valence-electron chi connectivity index (χ0n) is 13.6. The summed E-state index contributed by atoms with van der Waals surface area (Å²) in [5.41, 5.74) is 2.41. The van der Waals surface area contributed by atoms with Crippen LogP contribution in [0.25, 0.3) is 6.08 Å². The van der Waals surface area contributed by atoms with Crippen LogP contribution in [0.2, 0.25) is 5.02 Å². The molecule has 0 spiro atoms. The predicted octanol–water partition coefficient (Wildman–Crippen LogP) is 2.82. The molecule has 8 heteroatoms. The van der Waals surface area contributed by atoms with Crippen molar-refractivity contribution in [2.45, 2.75) is 13.3 Å². The van der Waals surface area contributed by atoms with Gasteiger partial charge in [-0.15, -0.1) is 0 Å². The number of hydrogen-bond donors (Lipinski definition) is 1. The summed E-state index contributed by atoms with van der Waals surface area (Å²) in [6.45, 7) is 3.44. The van der Waals surface area contributed by atoms with Gasteiger partial charge in [-0.05, 0) is 40.5 Å². The number of carbonyl (C=O) groups excluding carboxylic acids is 1. The van der Waals surface area contributed by atoms with E-state index in [-0.39, 0.29) is 11.9 Å². The van der Waals surface area contributed by atoms with Crippen molar-refractivity contribution in [3.63, 3.8) is 0 Å². The van der Waals surface area contributed by atoms with Gasteiger partial charge in [-0.3, -0.25) is 5.32 Å². The van der Waals surface area contributed by atoms with E-state index in [4.69, 9.17) is 11.6 Å². The highest BCUT2D eigenvalue weighted by Crippen LogP contribution is 2.26. The van der Waals surface area contributed by atoms with Gasteiger partial charge >= 0.3 is 6.03 Å². The minimum atomic E-state index is -0.179. The van der Waals surface area contributed by atoms with Gasteiger partial charge < -0.3 is 4.90 Å². The molecule has 7 nitrogen and oxygen atoms in total. The lowest BCUT2D eigenvalue weighted by Crippen LogP contribution is -2.42. The van der Waals surface area contributed by atoms with Crippen LogP contribution in [-0.2, 0) is 7.05 Å². The van der Waals surface area contributed by atoms with Crippen molar-refractivity contribution < 1.29 is 4.79 Å². The minimum Gasteiger partial charge on any atom is -0.324 e. The van der Waals surface area contributed by atoms with Crippen molar-refractivity contribution in [2.24, 2.45) is 13.0 Å². The van der Waals surface area contributed by atoms with E-state index in [2.05, 4.69) is 33.8 Å². The molecule has 126 valence electrons. The molecule has 0 bridgehead atoms. The topological polar surface area (TPSA) is 75.9 Å². The van der Waals surface area contributed by atoms with Crippen LogP contribution in [0.15, 0.2) is 29.8 Å². The molecule has 2 amide bonds. The molecule has 0 saturated carbocycles. The number of urea groups is 1. The van der Waals surface area contributed by atoms with Crippen LogP contribution in [0.5, 0.6) is 0 Å². The molecule has 0 radical (unpaired) electrons. The SMILES string of the molecule is CC1CN(C(=O)Nc2nnnn2C)CCC1=Cc1cccc(Cl)c1. The van der Waals surface area contributed by atoms with Crippen LogP contribution < -0.4 is 5.32 Å². The normalized spacial score (nSPS) is 19.5.